The lowest BCUT2D eigenvalue weighted by atomic mass is 10.2. The van der Waals surface area contributed by atoms with E-state index in [-0.39, 0.29) is 22.9 Å². The maximum Gasteiger partial charge on any atom is 0.252 e. The molecule has 0 atom stereocenters. The summed E-state index contributed by atoms with van der Waals surface area (Å²) >= 11 is 5.83. The van der Waals surface area contributed by atoms with Crippen LogP contribution in [0.15, 0.2) is 18.2 Å². The average Bonchev–Trinajstić information content (AvgIpc) is 2.30. The van der Waals surface area contributed by atoms with Crippen LogP contribution in [0, 0.1) is 0 Å². The summed E-state index contributed by atoms with van der Waals surface area (Å²) in [5.74, 6) is -0.464. The molecule has 0 radical (unpaired) electrons. The largest absolute Gasteiger partial charge is 0.508 e. The molecule has 0 aliphatic rings. The van der Waals surface area contributed by atoms with Crippen LogP contribution >= 0.6 is 11.6 Å². The number of phenols is 1. The molecule has 0 spiro atoms. The molecule has 0 saturated heterocycles. The molecule has 0 aromatic heterocycles. The fraction of sp³-hybridized carbons (Fsp3) is 0.364. The lowest BCUT2D eigenvalue weighted by Crippen LogP contribution is -2.29. The van der Waals surface area contributed by atoms with Crippen LogP contribution in [0.1, 0.15) is 16.8 Å². The highest BCUT2D eigenvalue weighted by Gasteiger charge is 2.10. The van der Waals surface area contributed by atoms with Crippen molar-refractivity contribution in [1.82, 2.24) is 10.0 Å². The van der Waals surface area contributed by atoms with Crippen LogP contribution in [0.5, 0.6) is 5.75 Å². The van der Waals surface area contributed by atoms with Crippen LogP contribution in [0.3, 0.4) is 0 Å². The van der Waals surface area contributed by atoms with E-state index in [0.717, 1.165) is 6.26 Å². The summed E-state index contributed by atoms with van der Waals surface area (Å²) in [6.07, 6.45) is 1.52. The average molecular weight is 307 g/mol. The minimum Gasteiger partial charge on any atom is -0.508 e. The van der Waals surface area contributed by atoms with Gasteiger partial charge in [0.1, 0.15) is 5.75 Å². The van der Waals surface area contributed by atoms with Crippen LogP contribution in [0.4, 0.5) is 0 Å². The summed E-state index contributed by atoms with van der Waals surface area (Å²) < 4.78 is 23.9. The van der Waals surface area contributed by atoms with E-state index >= 15 is 0 Å². The Morgan fingerprint density at radius 2 is 2.05 bits per heavy atom. The van der Waals surface area contributed by atoms with Gasteiger partial charge in [-0.15, -0.1) is 0 Å². The van der Waals surface area contributed by atoms with Crippen molar-refractivity contribution in [3.05, 3.63) is 28.8 Å². The number of carbonyl (C=O) groups is 1. The standard InChI is InChI=1S/C11H15ClN2O4S/c1-19(17,18)14-6-2-5-13-11(16)9-7-8(15)3-4-10(9)12/h3-4,7,14-15H,2,5-6H2,1H3,(H,13,16). The fourth-order valence-corrected chi connectivity index (χ4v) is 2.05. The molecule has 0 fully saturated rings. The molecule has 19 heavy (non-hydrogen) atoms. The first kappa shape index (κ1) is 15.7. The normalized spacial score (nSPS) is 11.3. The number of hydrogen-bond acceptors (Lipinski definition) is 4. The smallest absolute Gasteiger partial charge is 0.252 e. The Kier molecular flexibility index (Phi) is 5.59. The van der Waals surface area contributed by atoms with Crippen molar-refractivity contribution in [2.24, 2.45) is 0 Å². The highest BCUT2D eigenvalue weighted by Crippen LogP contribution is 2.20. The van der Waals surface area contributed by atoms with Crippen LogP contribution in [0.2, 0.25) is 5.02 Å². The number of sulfonamides is 1. The Bertz CT molecular complexity index is 560. The number of hydrogen-bond donors (Lipinski definition) is 3. The first-order chi connectivity index (χ1) is 8.79. The van der Waals surface area contributed by atoms with Crippen LogP contribution < -0.4 is 10.0 Å². The van der Waals surface area contributed by atoms with Gasteiger partial charge in [0.05, 0.1) is 16.8 Å². The summed E-state index contributed by atoms with van der Waals surface area (Å²) in [6.45, 7) is 0.542. The molecule has 0 heterocycles. The molecule has 0 unspecified atom stereocenters. The van der Waals surface area contributed by atoms with E-state index in [1.165, 1.54) is 18.2 Å². The van der Waals surface area contributed by atoms with Crippen molar-refractivity contribution in [3.63, 3.8) is 0 Å². The lowest BCUT2D eigenvalue weighted by Gasteiger charge is -2.07. The Labute approximate surface area is 116 Å². The fourth-order valence-electron chi connectivity index (χ4n) is 1.33. The molecule has 3 N–H and O–H groups in total. The Hall–Kier alpha value is -1.31. The van der Waals surface area contributed by atoms with Crippen molar-refractivity contribution in [2.45, 2.75) is 6.42 Å². The van der Waals surface area contributed by atoms with E-state index in [2.05, 4.69) is 10.0 Å². The summed E-state index contributed by atoms with van der Waals surface area (Å²) in [5, 5.41) is 12.1. The highest BCUT2D eigenvalue weighted by molar-refractivity contribution is 7.88. The van der Waals surface area contributed by atoms with Crippen molar-refractivity contribution in [1.29, 1.82) is 0 Å². The summed E-state index contributed by atoms with van der Waals surface area (Å²) in [7, 11) is -3.21. The van der Waals surface area contributed by atoms with E-state index in [1.807, 2.05) is 0 Å². The third-order valence-corrected chi connectivity index (χ3v) is 3.26. The van der Waals surface area contributed by atoms with E-state index in [0.29, 0.717) is 13.0 Å². The second-order valence-electron chi connectivity index (χ2n) is 3.94. The van der Waals surface area contributed by atoms with Crippen molar-refractivity contribution >= 4 is 27.5 Å². The third kappa shape index (κ3) is 5.91. The number of halogens is 1. The molecule has 0 aliphatic heterocycles. The number of nitrogens with one attached hydrogen (secondary N) is 2. The quantitative estimate of drug-likeness (QED) is 0.675. The minimum absolute atomic E-state index is 0.0479. The molecule has 0 saturated carbocycles. The van der Waals surface area contributed by atoms with Gasteiger partial charge in [-0.2, -0.15) is 0 Å². The number of carbonyl (C=O) groups excluding carboxylic acids is 1. The van der Waals surface area contributed by atoms with E-state index < -0.39 is 15.9 Å². The molecule has 1 aromatic rings. The van der Waals surface area contributed by atoms with Gasteiger partial charge >= 0.3 is 0 Å². The monoisotopic (exact) mass is 306 g/mol. The minimum atomic E-state index is -3.21. The molecule has 8 heteroatoms. The molecule has 6 nitrogen and oxygen atoms in total. The van der Waals surface area contributed by atoms with E-state index in [9.17, 15) is 18.3 Å². The maximum absolute atomic E-state index is 11.7. The van der Waals surface area contributed by atoms with Crippen LogP contribution in [-0.4, -0.2) is 38.8 Å². The SMILES string of the molecule is CS(=O)(=O)NCCCNC(=O)c1cc(O)ccc1Cl. The molecule has 0 bridgehead atoms. The Morgan fingerprint density at radius 1 is 1.37 bits per heavy atom. The zero-order valence-electron chi connectivity index (χ0n) is 10.3. The van der Waals surface area contributed by atoms with Gasteiger partial charge in [-0.3, -0.25) is 4.79 Å². The van der Waals surface area contributed by atoms with Crippen molar-refractivity contribution < 1.29 is 18.3 Å². The molecule has 106 valence electrons. The highest BCUT2D eigenvalue weighted by atomic mass is 35.5. The third-order valence-electron chi connectivity index (χ3n) is 2.20. The zero-order chi connectivity index (χ0) is 14.5. The van der Waals surface area contributed by atoms with E-state index in [4.69, 9.17) is 11.6 Å². The number of amides is 1. The lowest BCUT2D eigenvalue weighted by molar-refractivity contribution is 0.0953. The van der Waals surface area contributed by atoms with Gasteiger partial charge in [0.15, 0.2) is 0 Å². The van der Waals surface area contributed by atoms with Gasteiger partial charge in [0, 0.05) is 13.1 Å². The molecular formula is C11H15ClN2O4S. The molecule has 0 aliphatic carbocycles. The van der Waals surface area contributed by atoms with Gasteiger partial charge in [-0.25, -0.2) is 13.1 Å². The maximum atomic E-state index is 11.7. The first-order valence-electron chi connectivity index (χ1n) is 5.51. The molecule has 1 rings (SSSR count). The molecule has 1 amide bonds. The van der Waals surface area contributed by atoms with Crippen LogP contribution in [-0.2, 0) is 10.0 Å². The molecular weight excluding hydrogens is 292 g/mol. The van der Waals surface area contributed by atoms with Gasteiger partial charge in [-0.05, 0) is 24.6 Å². The van der Waals surface area contributed by atoms with Crippen molar-refractivity contribution in [2.75, 3.05) is 19.3 Å². The van der Waals surface area contributed by atoms with Gasteiger partial charge < -0.3 is 10.4 Å². The van der Waals surface area contributed by atoms with E-state index in [1.54, 1.807) is 0 Å². The number of benzene rings is 1. The predicted molar refractivity (Wildman–Crippen MR) is 72.9 cm³/mol. The summed E-state index contributed by atoms with van der Waals surface area (Å²) in [5.41, 5.74) is 0.178. The second kappa shape index (κ2) is 6.74. The summed E-state index contributed by atoms with van der Waals surface area (Å²) in [6, 6.07) is 4.08. The Balaban J connectivity index is 2.42. The summed E-state index contributed by atoms with van der Waals surface area (Å²) in [4.78, 5) is 11.7. The predicted octanol–water partition coefficient (Wildman–Crippen LogP) is 0.715. The van der Waals surface area contributed by atoms with Crippen molar-refractivity contribution in [3.8, 4) is 5.75 Å². The first-order valence-corrected chi connectivity index (χ1v) is 7.78. The second-order valence-corrected chi connectivity index (χ2v) is 6.18. The number of phenolic OH excluding ortho intramolecular Hbond substituents is 1. The number of rotatable bonds is 6. The molecule has 1 aromatic carbocycles. The zero-order valence-corrected chi connectivity index (χ0v) is 11.9. The van der Waals surface area contributed by atoms with Gasteiger partial charge in [0.25, 0.3) is 5.91 Å². The Morgan fingerprint density at radius 3 is 2.68 bits per heavy atom. The number of aromatic hydroxyl groups is 1. The van der Waals surface area contributed by atoms with Gasteiger partial charge in [-0.1, -0.05) is 11.6 Å². The van der Waals surface area contributed by atoms with Crippen LogP contribution in [0.25, 0.3) is 0 Å². The van der Waals surface area contributed by atoms with Gasteiger partial charge in [0.2, 0.25) is 10.0 Å². The topological polar surface area (TPSA) is 95.5 Å².